The summed E-state index contributed by atoms with van der Waals surface area (Å²) in [5.41, 5.74) is -0.900. The smallest absolute Gasteiger partial charge is 0.330 e. The van der Waals surface area contributed by atoms with Crippen molar-refractivity contribution in [3.05, 3.63) is 12.2 Å². The van der Waals surface area contributed by atoms with Crippen LogP contribution in [0.5, 0.6) is 0 Å². The van der Waals surface area contributed by atoms with Gasteiger partial charge in [0, 0.05) is 18.9 Å². The van der Waals surface area contributed by atoms with Gasteiger partial charge in [0.15, 0.2) is 5.79 Å². The highest BCUT2D eigenvalue weighted by Gasteiger charge is 2.58. The van der Waals surface area contributed by atoms with E-state index in [1.54, 1.807) is 6.08 Å². The number of hydrogen-bond donors (Lipinski definition) is 0. The molecule has 6 heteroatoms. The molecule has 1 saturated heterocycles. The number of fused-ring (bicyclic) bond motifs is 1. The summed E-state index contributed by atoms with van der Waals surface area (Å²) in [7, 11) is 1.34. The van der Waals surface area contributed by atoms with Gasteiger partial charge in [0.2, 0.25) is 0 Å². The standard InChI is InChI=1S/C13H16O6/c1-16-11(15)12-3-2-10(14)19-9(12)8-13(5-4-12)17-6-7-18-13/h2-3,9H,4-8H2,1H3/t9-,12+/m1/s1. The number of methoxy groups -OCH3 is 1. The fourth-order valence-corrected chi connectivity index (χ4v) is 3.11. The number of carbonyl (C=O) groups excluding carboxylic acids is 2. The highest BCUT2D eigenvalue weighted by Crippen LogP contribution is 2.49. The summed E-state index contributed by atoms with van der Waals surface area (Å²) in [6, 6.07) is 0. The van der Waals surface area contributed by atoms with Crippen LogP contribution in [-0.4, -0.2) is 44.2 Å². The molecule has 0 aromatic rings. The van der Waals surface area contributed by atoms with E-state index >= 15 is 0 Å². The molecule has 6 nitrogen and oxygen atoms in total. The first kappa shape index (κ1) is 12.6. The molecule has 2 aliphatic heterocycles. The van der Waals surface area contributed by atoms with Crippen LogP contribution in [0.3, 0.4) is 0 Å². The third-order valence-corrected chi connectivity index (χ3v) is 4.14. The fraction of sp³-hybridized carbons (Fsp3) is 0.692. The van der Waals surface area contributed by atoms with Gasteiger partial charge in [-0.2, -0.15) is 0 Å². The van der Waals surface area contributed by atoms with E-state index in [4.69, 9.17) is 18.9 Å². The first-order valence-corrected chi connectivity index (χ1v) is 6.36. The number of hydrogen-bond acceptors (Lipinski definition) is 6. The van der Waals surface area contributed by atoms with E-state index in [1.165, 1.54) is 13.2 Å². The van der Waals surface area contributed by atoms with Crippen molar-refractivity contribution in [2.45, 2.75) is 31.2 Å². The maximum Gasteiger partial charge on any atom is 0.330 e. The molecule has 0 aromatic heterocycles. The Morgan fingerprint density at radius 3 is 2.79 bits per heavy atom. The van der Waals surface area contributed by atoms with Gasteiger partial charge in [-0.05, 0) is 6.42 Å². The summed E-state index contributed by atoms with van der Waals surface area (Å²) in [5.74, 6) is -1.54. The van der Waals surface area contributed by atoms with Crippen molar-refractivity contribution in [1.29, 1.82) is 0 Å². The Hall–Kier alpha value is -1.40. The summed E-state index contributed by atoms with van der Waals surface area (Å²) < 4.78 is 21.5. The lowest BCUT2D eigenvalue weighted by Gasteiger charge is -2.46. The Morgan fingerprint density at radius 2 is 2.11 bits per heavy atom. The van der Waals surface area contributed by atoms with Crippen molar-refractivity contribution in [3.8, 4) is 0 Å². The maximum absolute atomic E-state index is 12.1. The van der Waals surface area contributed by atoms with Crippen molar-refractivity contribution in [3.63, 3.8) is 0 Å². The molecular formula is C13H16O6. The molecule has 1 saturated carbocycles. The van der Waals surface area contributed by atoms with Gasteiger partial charge in [-0.25, -0.2) is 4.79 Å². The van der Waals surface area contributed by atoms with Gasteiger partial charge in [-0.3, -0.25) is 4.79 Å². The molecule has 1 aliphatic carbocycles. The molecule has 2 fully saturated rings. The Balaban J connectivity index is 1.91. The number of ether oxygens (including phenoxy) is 4. The SMILES string of the molecule is COC(=O)[C@]12C=CC(=O)O[C@@H]1CC1(CC2)OCCO1. The quantitative estimate of drug-likeness (QED) is 0.647. The first-order chi connectivity index (χ1) is 9.10. The molecule has 2 heterocycles. The van der Waals surface area contributed by atoms with Gasteiger partial charge in [-0.15, -0.1) is 0 Å². The molecule has 1 spiro atoms. The van der Waals surface area contributed by atoms with Crippen LogP contribution in [0, 0.1) is 5.41 Å². The van der Waals surface area contributed by atoms with Gasteiger partial charge >= 0.3 is 11.9 Å². The summed E-state index contributed by atoms with van der Waals surface area (Å²) in [6.07, 6.45) is 3.73. The molecule has 3 rings (SSSR count). The van der Waals surface area contributed by atoms with Crippen LogP contribution in [0.1, 0.15) is 19.3 Å². The number of carbonyl (C=O) groups is 2. The van der Waals surface area contributed by atoms with Crippen molar-refractivity contribution in [1.82, 2.24) is 0 Å². The number of esters is 2. The lowest BCUT2D eigenvalue weighted by Crippen LogP contribution is -2.55. The zero-order valence-corrected chi connectivity index (χ0v) is 10.7. The Kier molecular flexibility index (Phi) is 2.87. The van der Waals surface area contributed by atoms with Crippen LogP contribution in [0.2, 0.25) is 0 Å². The van der Waals surface area contributed by atoms with Crippen LogP contribution in [0.4, 0.5) is 0 Å². The van der Waals surface area contributed by atoms with E-state index < -0.39 is 23.3 Å². The summed E-state index contributed by atoms with van der Waals surface area (Å²) in [4.78, 5) is 23.5. The average Bonchev–Trinajstić information content (AvgIpc) is 2.86. The lowest BCUT2D eigenvalue weighted by molar-refractivity contribution is -0.226. The largest absolute Gasteiger partial charge is 0.468 e. The van der Waals surface area contributed by atoms with E-state index in [0.717, 1.165) is 0 Å². The van der Waals surface area contributed by atoms with Crippen LogP contribution in [0.25, 0.3) is 0 Å². The summed E-state index contributed by atoms with van der Waals surface area (Å²) in [5, 5.41) is 0. The average molecular weight is 268 g/mol. The molecule has 2 atom stereocenters. The summed E-state index contributed by atoms with van der Waals surface area (Å²) >= 11 is 0. The van der Waals surface area contributed by atoms with E-state index in [1.807, 2.05) is 0 Å². The van der Waals surface area contributed by atoms with Gasteiger partial charge in [0.25, 0.3) is 0 Å². The molecule has 0 bridgehead atoms. The fourth-order valence-electron chi connectivity index (χ4n) is 3.11. The van der Waals surface area contributed by atoms with Crippen molar-refractivity contribution < 1.29 is 28.5 Å². The second kappa shape index (κ2) is 4.31. The van der Waals surface area contributed by atoms with Crippen molar-refractivity contribution in [2.75, 3.05) is 20.3 Å². The molecule has 0 radical (unpaired) electrons. The van der Waals surface area contributed by atoms with E-state index in [9.17, 15) is 9.59 Å². The molecule has 19 heavy (non-hydrogen) atoms. The topological polar surface area (TPSA) is 71.1 Å². The van der Waals surface area contributed by atoms with Crippen LogP contribution in [-0.2, 0) is 28.5 Å². The van der Waals surface area contributed by atoms with E-state index in [-0.39, 0.29) is 5.97 Å². The third kappa shape index (κ3) is 1.86. The summed E-state index contributed by atoms with van der Waals surface area (Å²) in [6.45, 7) is 1.06. The van der Waals surface area contributed by atoms with Crippen molar-refractivity contribution >= 4 is 11.9 Å². The third-order valence-electron chi connectivity index (χ3n) is 4.14. The monoisotopic (exact) mass is 268 g/mol. The highest BCUT2D eigenvalue weighted by atomic mass is 16.7. The predicted molar refractivity (Wildman–Crippen MR) is 62.0 cm³/mol. The Bertz CT molecular complexity index is 436. The zero-order chi connectivity index (χ0) is 13.5. The minimum Gasteiger partial charge on any atom is -0.468 e. The van der Waals surface area contributed by atoms with Crippen LogP contribution >= 0.6 is 0 Å². The van der Waals surface area contributed by atoms with E-state index in [0.29, 0.717) is 32.5 Å². The predicted octanol–water partition coefficient (Wildman–Crippen LogP) is 0.554. The molecule has 0 aromatic carbocycles. The van der Waals surface area contributed by atoms with Crippen LogP contribution in [0.15, 0.2) is 12.2 Å². The highest BCUT2D eigenvalue weighted by molar-refractivity contribution is 5.89. The Morgan fingerprint density at radius 1 is 1.37 bits per heavy atom. The van der Waals surface area contributed by atoms with Gasteiger partial charge < -0.3 is 18.9 Å². The molecule has 3 aliphatic rings. The normalized spacial score (nSPS) is 35.8. The van der Waals surface area contributed by atoms with Crippen LogP contribution < -0.4 is 0 Å². The molecule has 104 valence electrons. The zero-order valence-electron chi connectivity index (χ0n) is 10.7. The number of rotatable bonds is 1. The first-order valence-electron chi connectivity index (χ1n) is 6.36. The minimum absolute atomic E-state index is 0.359. The second-order valence-electron chi connectivity index (χ2n) is 5.10. The maximum atomic E-state index is 12.1. The molecule has 0 unspecified atom stereocenters. The minimum atomic E-state index is -0.900. The second-order valence-corrected chi connectivity index (χ2v) is 5.10. The van der Waals surface area contributed by atoms with Crippen molar-refractivity contribution in [2.24, 2.45) is 5.41 Å². The molecule has 0 N–H and O–H groups in total. The Labute approximate surface area is 110 Å². The van der Waals surface area contributed by atoms with Gasteiger partial charge in [-0.1, -0.05) is 6.08 Å². The molecule has 0 amide bonds. The molecular weight excluding hydrogens is 252 g/mol. The van der Waals surface area contributed by atoms with Gasteiger partial charge in [0.1, 0.15) is 11.5 Å². The van der Waals surface area contributed by atoms with E-state index in [2.05, 4.69) is 0 Å². The lowest BCUT2D eigenvalue weighted by atomic mass is 9.68. The van der Waals surface area contributed by atoms with Gasteiger partial charge in [0.05, 0.1) is 20.3 Å².